The van der Waals surface area contributed by atoms with Gasteiger partial charge in [-0.3, -0.25) is 4.90 Å². The van der Waals surface area contributed by atoms with E-state index in [9.17, 15) is 9.90 Å². The van der Waals surface area contributed by atoms with Gasteiger partial charge in [-0.05, 0) is 31.7 Å². The van der Waals surface area contributed by atoms with Gasteiger partial charge in [0.2, 0.25) is 5.95 Å². The van der Waals surface area contributed by atoms with Crippen LogP contribution in [0.1, 0.15) is 25.7 Å². The lowest BCUT2D eigenvalue weighted by atomic mass is 9.81. The van der Waals surface area contributed by atoms with Crippen molar-refractivity contribution >= 4 is 34.5 Å². The maximum absolute atomic E-state index is 11.3. The Kier molecular flexibility index (Phi) is 6.33. The molecule has 4 N–H and O–H groups in total. The minimum absolute atomic E-state index is 0.0380. The summed E-state index contributed by atoms with van der Waals surface area (Å²) in [6, 6.07) is 8.05. The molecule has 1 aliphatic heterocycles. The van der Waals surface area contributed by atoms with Crippen LogP contribution in [0, 0.1) is 0 Å². The SMILES string of the molecule is O=C(O)N1CCN(CC2(O)CCC[C@@H](Nc3ncc(Cl)c(-c4c[nH]c5ccccc45)n3)C2)CC1. The van der Waals surface area contributed by atoms with Crippen LogP contribution in [0.4, 0.5) is 10.7 Å². The van der Waals surface area contributed by atoms with E-state index < -0.39 is 11.7 Å². The third kappa shape index (κ3) is 4.82. The van der Waals surface area contributed by atoms with E-state index in [4.69, 9.17) is 21.7 Å². The molecule has 0 bridgehead atoms. The molecule has 9 nitrogen and oxygen atoms in total. The fourth-order valence-electron chi connectivity index (χ4n) is 5.20. The Morgan fingerprint density at radius 2 is 2.06 bits per heavy atom. The van der Waals surface area contributed by atoms with Crippen LogP contribution >= 0.6 is 11.6 Å². The van der Waals surface area contributed by atoms with Gasteiger partial charge in [0.15, 0.2) is 0 Å². The Balaban J connectivity index is 1.27. The van der Waals surface area contributed by atoms with Gasteiger partial charge in [-0.25, -0.2) is 14.8 Å². The van der Waals surface area contributed by atoms with Gasteiger partial charge in [-0.1, -0.05) is 29.8 Å². The average molecular weight is 485 g/mol. The van der Waals surface area contributed by atoms with Crippen molar-refractivity contribution in [2.75, 3.05) is 38.0 Å². The smallest absolute Gasteiger partial charge is 0.407 e. The summed E-state index contributed by atoms with van der Waals surface area (Å²) in [5, 5.41) is 25.4. The van der Waals surface area contributed by atoms with E-state index in [0.717, 1.165) is 35.7 Å². The Morgan fingerprint density at radius 1 is 1.26 bits per heavy atom. The number of aromatic nitrogens is 3. The Morgan fingerprint density at radius 3 is 2.85 bits per heavy atom. The number of H-pyrrole nitrogens is 1. The molecule has 1 saturated carbocycles. The predicted molar refractivity (Wildman–Crippen MR) is 131 cm³/mol. The minimum atomic E-state index is -0.879. The number of benzene rings is 1. The van der Waals surface area contributed by atoms with Crippen molar-refractivity contribution in [2.45, 2.75) is 37.3 Å². The van der Waals surface area contributed by atoms with E-state index in [1.807, 2.05) is 30.5 Å². The van der Waals surface area contributed by atoms with Gasteiger partial charge in [-0.15, -0.1) is 0 Å². The molecule has 180 valence electrons. The second kappa shape index (κ2) is 9.40. The van der Waals surface area contributed by atoms with Crippen LogP contribution in [-0.4, -0.2) is 85.4 Å². The highest BCUT2D eigenvalue weighted by molar-refractivity contribution is 6.33. The number of anilines is 1. The summed E-state index contributed by atoms with van der Waals surface area (Å²) in [6.45, 7) is 2.77. The minimum Gasteiger partial charge on any atom is -0.465 e. The number of carboxylic acid groups (broad SMARTS) is 1. The van der Waals surface area contributed by atoms with Gasteiger partial charge in [-0.2, -0.15) is 0 Å². The summed E-state index contributed by atoms with van der Waals surface area (Å²) in [5.74, 6) is 0.494. The third-order valence-electron chi connectivity index (χ3n) is 6.90. The zero-order valence-corrected chi connectivity index (χ0v) is 19.6. The molecular formula is C24H29ClN6O3. The topological polar surface area (TPSA) is 118 Å². The summed E-state index contributed by atoms with van der Waals surface area (Å²) < 4.78 is 0. The number of aromatic amines is 1. The van der Waals surface area contributed by atoms with Crippen LogP contribution in [0.25, 0.3) is 22.2 Å². The molecule has 0 radical (unpaired) electrons. The van der Waals surface area contributed by atoms with Gasteiger partial charge in [0.05, 0.1) is 22.5 Å². The van der Waals surface area contributed by atoms with Gasteiger partial charge in [0.25, 0.3) is 0 Å². The van der Waals surface area contributed by atoms with E-state index in [2.05, 4.69) is 20.2 Å². The molecular weight excluding hydrogens is 456 g/mol. The van der Waals surface area contributed by atoms with Gasteiger partial charge < -0.3 is 25.4 Å². The molecule has 2 atom stereocenters. The Labute approximate surface area is 202 Å². The standard InChI is InChI=1S/C24H29ClN6O3/c25-19-14-27-22(29-21(19)18-13-26-20-6-2-1-5-17(18)20)28-16-4-3-7-24(34,12-16)15-30-8-10-31(11-9-30)23(32)33/h1-2,5-6,13-14,16,26,34H,3-4,7-12,15H2,(H,32,33)(H,27,28,29)/t16-,24?/m1/s1. The van der Waals surface area contributed by atoms with Crippen molar-refractivity contribution in [3.05, 3.63) is 41.7 Å². The number of para-hydroxylation sites is 1. The van der Waals surface area contributed by atoms with Crippen LogP contribution < -0.4 is 5.32 Å². The van der Waals surface area contributed by atoms with E-state index in [1.54, 1.807) is 6.20 Å². The zero-order valence-electron chi connectivity index (χ0n) is 18.9. The number of nitrogens with zero attached hydrogens (tertiary/aromatic N) is 4. The number of fused-ring (bicyclic) bond motifs is 1. The summed E-state index contributed by atoms with van der Waals surface area (Å²) in [5.41, 5.74) is 1.78. The number of β-amino-alcohol motifs (C(OH)–C–C–N with tert-alkyl or cyclic N) is 1. The second-order valence-corrected chi connectivity index (χ2v) is 9.75. The molecule has 0 spiro atoms. The molecule has 1 aliphatic carbocycles. The fourth-order valence-corrected chi connectivity index (χ4v) is 5.39. The zero-order chi connectivity index (χ0) is 23.7. The number of carbonyl (C=O) groups is 1. The first-order chi connectivity index (χ1) is 16.4. The van der Waals surface area contributed by atoms with Crippen LogP contribution in [0.15, 0.2) is 36.7 Å². The number of rotatable bonds is 5. The average Bonchev–Trinajstić information content (AvgIpc) is 3.24. The van der Waals surface area contributed by atoms with E-state index in [0.29, 0.717) is 55.8 Å². The highest BCUT2D eigenvalue weighted by Crippen LogP contribution is 2.34. The first-order valence-electron chi connectivity index (χ1n) is 11.7. The van der Waals surface area contributed by atoms with Crippen LogP contribution in [0.5, 0.6) is 0 Å². The molecule has 5 rings (SSSR count). The van der Waals surface area contributed by atoms with Crippen molar-refractivity contribution < 1.29 is 15.0 Å². The predicted octanol–water partition coefficient (Wildman–Crippen LogP) is 3.66. The number of nitrogens with one attached hydrogen (secondary N) is 2. The molecule has 34 heavy (non-hydrogen) atoms. The Hall–Kier alpha value is -2.88. The highest BCUT2D eigenvalue weighted by atomic mass is 35.5. The van der Waals surface area contributed by atoms with Crippen LogP contribution in [0.2, 0.25) is 5.02 Å². The highest BCUT2D eigenvalue weighted by Gasteiger charge is 2.37. The largest absolute Gasteiger partial charge is 0.465 e. The van der Waals surface area contributed by atoms with Crippen LogP contribution in [-0.2, 0) is 0 Å². The van der Waals surface area contributed by atoms with Crippen molar-refractivity contribution in [1.82, 2.24) is 24.8 Å². The maximum atomic E-state index is 11.3. The van der Waals surface area contributed by atoms with Crippen molar-refractivity contribution in [2.24, 2.45) is 0 Å². The molecule has 1 amide bonds. The maximum Gasteiger partial charge on any atom is 0.407 e. The second-order valence-electron chi connectivity index (χ2n) is 9.35. The molecule has 2 aromatic heterocycles. The van der Waals surface area contributed by atoms with E-state index in [-0.39, 0.29) is 6.04 Å². The summed E-state index contributed by atoms with van der Waals surface area (Å²) in [4.78, 5) is 27.1. The van der Waals surface area contributed by atoms with Crippen LogP contribution in [0.3, 0.4) is 0 Å². The molecule has 1 unspecified atom stereocenters. The molecule has 10 heteroatoms. The number of aliphatic hydroxyl groups is 1. The Bertz CT molecular complexity index is 1180. The van der Waals surface area contributed by atoms with Gasteiger partial charge in [0, 0.05) is 61.4 Å². The van der Waals surface area contributed by atoms with E-state index >= 15 is 0 Å². The number of piperazine rings is 1. The number of hydrogen-bond acceptors (Lipinski definition) is 6. The first-order valence-corrected chi connectivity index (χ1v) is 12.1. The number of amides is 1. The van der Waals surface area contributed by atoms with Crippen molar-refractivity contribution in [3.63, 3.8) is 0 Å². The summed E-state index contributed by atoms with van der Waals surface area (Å²) >= 11 is 6.46. The van der Waals surface area contributed by atoms with E-state index in [1.165, 1.54) is 4.90 Å². The lowest BCUT2D eigenvalue weighted by molar-refractivity contribution is -0.0369. The molecule has 2 aliphatic rings. The molecule has 2 fully saturated rings. The third-order valence-corrected chi connectivity index (χ3v) is 7.18. The van der Waals surface area contributed by atoms with Gasteiger partial charge in [0.1, 0.15) is 0 Å². The number of halogens is 1. The van der Waals surface area contributed by atoms with Crippen molar-refractivity contribution in [1.29, 1.82) is 0 Å². The summed E-state index contributed by atoms with van der Waals surface area (Å²) in [6.07, 6.45) is 5.77. The van der Waals surface area contributed by atoms with Gasteiger partial charge >= 0.3 is 6.09 Å². The molecule has 3 aromatic rings. The first kappa shape index (κ1) is 22.9. The fraction of sp³-hybridized carbons (Fsp3) is 0.458. The lowest BCUT2D eigenvalue weighted by Crippen LogP contribution is -2.54. The molecule has 1 aromatic carbocycles. The lowest BCUT2D eigenvalue weighted by Gasteiger charge is -2.42. The quantitative estimate of drug-likeness (QED) is 0.436. The monoisotopic (exact) mass is 484 g/mol. The molecule has 1 saturated heterocycles. The molecule has 3 heterocycles. The number of hydrogen-bond donors (Lipinski definition) is 4. The van der Waals surface area contributed by atoms with Crippen molar-refractivity contribution in [3.8, 4) is 11.3 Å². The summed E-state index contributed by atoms with van der Waals surface area (Å²) in [7, 11) is 0. The normalized spacial score (nSPS) is 23.8.